The summed E-state index contributed by atoms with van der Waals surface area (Å²) in [6, 6.07) is 6.96. The van der Waals surface area contributed by atoms with Crippen molar-refractivity contribution in [3.63, 3.8) is 0 Å². The average molecular weight is 330 g/mol. The minimum atomic E-state index is -1.14. The standard InChI is InChI=1S/C16H18N4O4/c1-2-24-16(7-4-8-16)15(23)17-11-5-3-6-12(9-11)20-10-13(14(21)22)18-19-20/h3,5-6,9-10H,2,4,7-8H2,1H3,(H,17,23)(H,21,22). The molecule has 0 atom stereocenters. The molecule has 8 heteroatoms. The maximum Gasteiger partial charge on any atom is 0.358 e. The minimum Gasteiger partial charge on any atom is -0.476 e. The number of anilines is 1. The molecular weight excluding hydrogens is 312 g/mol. The maximum atomic E-state index is 12.5. The molecule has 1 aromatic heterocycles. The molecule has 1 heterocycles. The van der Waals surface area contributed by atoms with Crippen LogP contribution in [-0.4, -0.2) is 44.2 Å². The molecule has 3 rings (SSSR count). The Hall–Kier alpha value is -2.74. The number of carboxylic acids is 1. The second-order valence-corrected chi connectivity index (χ2v) is 5.64. The molecule has 1 saturated carbocycles. The predicted molar refractivity (Wildman–Crippen MR) is 85.2 cm³/mol. The van der Waals surface area contributed by atoms with Gasteiger partial charge in [-0.3, -0.25) is 4.79 Å². The number of nitrogens with one attached hydrogen (secondary N) is 1. The van der Waals surface area contributed by atoms with Crippen molar-refractivity contribution in [3.8, 4) is 5.69 Å². The third-order valence-electron chi connectivity index (χ3n) is 4.08. The summed E-state index contributed by atoms with van der Waals surface area (Å²) in [6.45, 7) is 2.36. The Bertz CT molecular complexity index is 767. The number of rotatable bonds is 6. The number of hydrogen-bond acceptors (Lipinski definition) is 5. The monoisotopic (exact) mass is 330 g/mol. The Morgan fingerprint density at radius 3 is 2.79 bits per heavy atom. The fourth-order valence-corrected chi connectivity index (χ4v) is 2.67. The Morgan fingerprint density at radius 1 is 1.42 bits per heavy atom. The van der Waals surface area contributed by atoms with Crippen molar-refractivity contribution in [3.05, 3.63) is 36.2 Å². The normalized spacial score (nSPS) is 15.5. The zero-order valence-corrected chi connectivity index (χ0v) is 13.2. The molecular formula is C16H18N4O4. The second kappa shape index (κ2) is 6.40. The molecule has 126 valence electrons. The molecule has 0 bridgehead atoms. The van der Waals surface area contributed by atoms with E-state index in [1.54, 1.807) is 24.3 Å². The van der Waals surface area contributed by atoms with E-state index in [9.17, 15) is 9.59 Å². The van der Waals surface area contributed by atoms with E-state index >= 15 is 0 Å². The van der Waals surface area contributed by atoms with Gasteiger partial charge >= 0.3 is 5.97 Å². The lowest BCUT2D eigenvalue weighted by molar-refractivity contribution is -0.153. The molecule has 1 aliphatic carbocycles. The van der Waals surface area contributed by atoms with Gasteiger partial charge in [-0.1, -0.05) is 11.3 Å². The summed E-state index contributed by atoms with van der Waals surface area (Å²) in [4.78, 5) is 23.4. The van der Waals surface area contributed by atoms with E-state index in [4.69, 9.17) is 9.84 Å². The number of aromatic carboxylic acids is 1. The fraction of sp³-hybridized carbons (Fsp3) is 0.375. The van der Waals surface area contributed by atoms with Crippen LogP contribution in [-0.2, 0) is 9.53 Å². The van der Waals surface area contributed by atoms with E-state index in [0.29, 0.717) is 18.0 Å². The number of ether oxygens (including phenoxy) is 1. The van der Waals surface area contributed by atoms with Crippen molar-refractivity contribution >= 4 is 17.6 Å². The molecule has 1 aliphatic rings. The lowest BCUT2D eigenvalue weighted by Gasteiger charge is -2.39. The number of benzene rings is 1. The first-order valence-corrected chi connectivity index (χ1v) is 7.75. The fourth-order valence-electron chi connectivity index (χ4n) is 2.67. The van der Waals surface area contributed by atoms with Crippen molar-refractivity contribution in [2.75, 3.05) is 11.9 Å². The van der Waals surface area contributed by atoms with Gasteiger partial charge in [-0.25, -0.2) is 9.48 Å². The van der Waals surface area contributed by atoms with Gasteiger partial charge in [-0.05, 0) is 44.4 Å². The second-order valence-electron chi connectivity index (χ2n) is 5.64. The van der Waals surface area contributed by atoms with Crippen LogP contribution in [0.1, 0.15) is 36.7 Å². The SMILES string of the molecule is CCOC1(C(=O)Nc2cccc(-n3cc(C(=O)O)nn3)c2)CCC1. The molecule has 1 aromatic carbocycles. The van der Waals surface area contributed by atoms with Gasteiger partial charge in [0, 0.05) is 12.3 Å². The lowest BCUT2D eigenvalue weighted by Crippen LogP contribution is -2.51. The Balaban J connectivity index is 1.77. The first-order chi connectivity index (χ1) is 11.5. The highest BCUT2D eigenvalue weighted by atomic mass is 16.5. The Labute approximate surface area is 138 Å². The number of carbonyl (C=O) groups excluding carboxylic acids is 1. The first-order valence-electron chi connectivity index (χ1n) is 7.75. The number of carbonyl (C=O) groups is 2. The highest BCUT2D eigenvalue weighted by Crippen LogP contribution is 2.36. The van der Waals surface area contributed by atoms with Crippen molar-refractivity contribution < 1.29 is 19.4 Å². The van der Waals surface area contributed by atoms with Gasteiger partial charge in [0.1, 0.15) is 5.60 Å². The molecule has 1 fully saturated rings. The number of carboxylic acid groups (broad SMARTS) is 1. The van der Waals surface area contributed by atoms with Gasteiger partial charge in [0.15, 0.2) is 5.69 Å². The van der Waals surface area contributed by atoms with Gasteiger partial charge in [0.25, 0.3) is 5.91 Å². The molecule has 2 aromatic rings. The molecule has 0 saturated heterocycles. The largest absolute Gasteiger partial charge is 0.476 e. The van der Waals surface area contributed by atoms with Crippen molar-refractivity contribution in [2.45, 2.75) is 31.8 Å². The Kier molecular flexibility index (Phi) is 4.30. The van der Waals surface area contributed by atoms with Gasteiger partial charge in [-0.2, -0.15) is 0 Å². The summed E-state index contributed by atoms with van der Waals surface area (Å²) in [5.74, 6) is -1.30. The van der Waals surface area contributed by atoms with Crippen LogP contribution in [0.3, 0.4) is 0 Å². The van der Waals surface area contributed by atoms with Crippen LogP contribution in [0.5, 0.6) is 0 Å². The molecule has 0 aliphatic heterocycles. The summed E-state index contributed by atoms with van der Waals surface area (Å²) in [7, 11) is 0. The van der Waals surface area contributed by atoms with Crippen LogP contribution in [0.2, 0.25) is 0 Å². The van der Waals surface area contributed by atoms with E-state index < -0.39 is 11.6 Å². The summed E-state index contributed by atoms with van der Waals surface area (Å²) >= 11 is 0. The summed E-state index contributed by atoms with van der Waals surface area (Å²) in [5, 5.41) is 19.1. The predicted octanol–water partition coefficient (Wildman–Crippen LogP) is 1.86. The van der Waals surface area contributed by atoms with Crippen molar-refractivity contribution in [1.29, 1.82) is 0 Å². The molecule has 0 spiro atoms. The summed E-state index contributed by atoms with van der Waals surface area (Å²) < 4.78 is 6.99. The first kappa shape index (κ1) is 16.1. The highest BCUT2D eigenvalue weighted by Gasteiger charge is 2.45. The smallest absolute Gasteiger partial charge is 0.358 e. The third-order valence-corrected chi connectivity index (χ3v) is 4.08. The topological polar surface area (TPSA) is 106 Å². The van der Waals surface area contributed by atoms with Crippen LogP contribution < -0.4 is 5.32 Å². The molecule has 0 unspecified atom stereocenters. The van der Waals surface area contributed by atoms with Gasteiger partial charge in [0.05, 0.1) is 11.9 Å². The average Bonchev–Trinajstić information content (AvgIpc) is 3.01. The number of amides is 1. The number of nitrogens with zero attached hydrogens (tertiary/aromatic N) is 3. The number of hydrogen-bond donors (Lipinski definition) is 2. The van der Waals surface area contributed by atoms with E-state index in [-0.39, 0.29) is 11.6 Å². The van der Waals surface area contributed by atoms with Crippen LogP contribution in [0.4, 0.5) is 5.69 Å². The molecule has 2 N–H and O–H groups in total. The van der Waals surface area contributed by atoms with Crippen LogP contribution >= 0.6 is 0 Å². The Morgan fingerprint density at radius 2 is 2.21 bits per heavy atom. The number of aromatic nitrogens is 3. The minimum absolute atomic E-state index is 0.144. The molecule has 0 radical (unpaired) electrons. The zero-order valence-electron chi connectivity index (χ0n) is 13.2. The third kappa shape index (κ3) is 3.00. The molecule has 24 heavy (non-hydrogen) atoms. The van der Waals surface area contributed by atoms with E-state index in [2.05, 4.69) is 15.6 Å². The van der Waals surface area contributed by atoms with Crippen LogP contribution in [0.25, 0.3) is 5.69 Å². The van der Waals surface area contributed by atoms with Gasteiger partial charge < -0.3 is 15.2 Å². The highest BCUT2D eigenvalue weighted by molar-refractivity contribution is 5.98. The van der Waals surface area contributed by atoms with Crippen molar-refractivity contribution in [2.24, 2.45) is 0 Å². The van der Waals surface area contributed by atoms with Crippen LogP contribution in [0.15, 0.2) is 30.5 Å². The van der Waals surface area contributed by atoms with E-state index in [1.165, 1.54) is 10.9 Å². The van der Waals surface area contributed by atoms with E-state index in [1.807, 2.05) is 6.92 Å². The molecule has 8 nitrogen and oxygen atoms in total. The summed E-state index contributed by atoms with van der Waals surface area (Å²) in [6.07, 6.45) is 3.73. The van der Waals surface area contributed by atoms with Crippen LogP contribution in [0, 0.1) is 0 Å². The van der Waals surface area contributed by atoms with E-state index in [0.717, 1.165) is 19.3 Å². The maximum absolute atomic E-state index is 12.5. The zero-order chi connectivity index (χ0) is 17.2. The van der Waals surface area contributed by atoms with Crippen molar-refractivity contribution in [1.82, 2.24) is 15.0 Å². The summed E-state index contributed by atoms with van der Waals surface area (Å²) in [5.41, 5.74) is 0.325. The lowest BCUT2D eigenvalue weighted by atomic mass is 9.79. The van der Waals surface area contributed by atoms with Gasteiger partial charge in [0.2, 0.25) is 0 Å². The van der Waals surface area contributed by atoms with Gasteiger partial charge in [-0.15, -0.1) is 5.10 Å². The molecule has 1 amide bonds. The quantitative estimate of drug-likeness (QED) is 0.837.